The number of rotatable bonds is 2. The highest BCUT2D eigenvalue weighted by Crippen LogP contribution is 2.23. The summed E-state index contributed by atoms with van der Waals surface area (Å²) in [5.74, 6) is -1.11. The predicted molar refractivity (Wildman–Crippen MR) is 72.3 cm³/mol. The van der Waals surface area contributed by atoms with Crippen LogP contribution in [0.2, 0.25) is 0 Å². The molecule has 0 spiro atoms. The Morgan fingerprint density at radius 1 is 1.37 bits per heavy atom. The van der Waals surface area contributed by atoms with Gasteiger partial charge < -0.3 is 9.84 Å². The molecule has 1 amide bonds. The summed E-state index contributed by atoms with van der Waals surface area (Å²) in [6.07, 6.45) is 0.347. The molecule has 0 fully saturated rings. The average Bonchev–Trinajstić information content (AvgIpc) is 2.61. The maximum Gasteiger partial charge on any atom is 0.442 e. The summed E-state index contributed by atoms with van der Waals surface area (Å²) in [5, 5.41) is 8.79. The molecule has 0 saturated heterocycles. The minimum absolute atomic E-state index is 0.0453. The van der Waals surface area contributed by atoms with Crippen molar-refractivity contribution in [2.24, 2.45) is 4.36 Å². The maximum atomic E-state index is 12.3. The number of aromatic carboxylic acids is 1. The largest absolute Gasteiger partial charge is 0.477 e. The summed E-state index contributed by atoms with van der Waals surface area (Å²) in [5.41, 5.74) is -0.724. The molecule has 8 heteroatoms. The molecule has 0 aliphatic rings. The van der Waals surface area contributed by atoms with Crippen molar-refractivity contribution in [1.82, 2.24) is 0 Å². The summed E-state index contributed by atoms with van der Waals surface area (Å²) in [6.45, 7) is 5.02. The number of ether oxygens (including phenoxy) is 1. The highest BCUT2D eigenvalue weighted by atomic mass is 32.2. The first-order chi connectivity index (χ1) is 8.51. The first-order valence-corrected chi connectivity index (χ1v) is 8.03. The van der Waals surface area contributed by atoms with Gasteiger partial charge in [-0.3, -0.25) is 0 Å². The number of carbonyl (C=O) groups is 2. The highest BCUT2D eigenvalue weighted by Gasteiger charge is 2.19. The number of hydrogen-bond acceptors (Lipinski definition) is 5. The van der Waals surface area contributed by atoms with Crippen LogP contribution in [0.4, 0.5) is 4.79 Å². The number of carbonyl (C=O) groups excluding carboxylic acids is 1. The molecule has 0 aliphatic carbocycles. The van der Waals surface area contributed by atoms with Gasteiger partial charge >= 0.3 is 12.1 Å². The standard InChI is InChI=1S/C11H15NO5S2/c1-11(2,3)17-10(15)12-19(4,16)8-6-5-7(18-8)9(13)14/h5-6H,1-4H3,(H,13,14). The predicted octanol–water partition coefficient (Wildman–Crippen LogP) is 2.84. The van der Waals surface area contributed by atoms with E-state index in [0.717, 1.165) is 11.3 Å². The van der Waals surface area contributed by atoms with Gasteiger partial charge in [0.2, 0.25) is 0 Å². The minimum atomic E-state index is -2.99. The van der Waals surface area contributed by atoms with Gasteiger partial charge in [-0.2, -0.15) is 0 Å². The molecule has 0 saturated carbocycles. The SMILES string of the molecule is CC(C)(C)OC(=O)N=S(C)(=O)c1ccc(C(=O)O)s1. The van der Waals surface area contributed by atoms with E-state index in [1.165, 1.54) is 18.4 Å². The van der Waals surface area contributed by atoms with Crippen molar-refractivity contribution in [2.45, 2.75) is 30.6 Å². The van der Waals surface area contributed by atoms with Crippen LogP contribution in [0.25, 0.3) is 0 Å². The molecule has 1 atom stereocenters. The zero-order chi connectivity index (χ0) is 14.8. The van der Waals surface area contributed by atoms with Gasteiger partial charge in [0.1, 0.15) is 14.7 Å². The van der Waals surface area contributed by atoms with Crippen molar-refractivity contribution in [2.75, 3.05) is 6.26 Å². The number of carboxylic acid groups (broad SMARTS) is 1. The summed E-state index contributed by atoms with van der Waals surface area (Å²) in [6, 6.07) is 2.72. The van der Waals surface area contributed by atoms with Gasteiger partial charge in [-0.1, -0.05) is 0 Å². The smallest absolute Gasteiger partial charge is 0.442 e. The van der Waals surface area contributed by atoms with E-state index < -0.39 is 27.4 Å². The molecule has 1 rings (SSSR count). The van der Waals surface area contributed by atoms with Gasteiger partial charge in [0.25, 0.3) is 0 Å². The van der Waals surface area contributed by atoms with Crippen molar-refractivity contribution < 1.29 is 23.6 Å². The number of hydrogen-bond donors (Lipinski definition) is 1. The molecule has 0 aliphatic heterocycles. The number of nitrogens with zero attached hydrogens (tertiary/aromatic N) is 1. The second-order valence-corrected chi connectivity index (χ2v) is 8.37. The summed E-state index contributed by atoms with van der Waals surface area (Å²) < 4.78 is 21.0. The van der Waals surface area contributed by atoms with E-state index in [2.05, 4.69) is 4.36 Å². The van der Waals surface area contributed by atoms with Gasteiger partial charge in [-0.05, 0) is 32.9 Å². The second kappa shape index (κ2) is 5.30. The van der Waals surface area contributed by atoms with Crippen molar-refractivity contribution >= 4 is 33.1 Å². The molecular weight excluding hydrogens is 290 g/mol. The number of thiophene rings is 1. The fourth-order valence-electron chi connectivity index (χ4n) is 1.11. The molecule has 6 nitrogen and oxygen atoms in total. The Morgan fingerprint density at radius 3 is 2.37 bits per heavy atom. The van der Waals surface area contributed by atoms with E-state index in [4.69, 9.17) is 9.84 Å². The Labute approximate surface area is 115 Å². The van der Waals surface area contributed by atoms with Crippen LogP contribution in [0.5, 0.6) is 0 Å². The monoisotopic (exact) mass is 305 g/mol. The Bertz CT molecular complexity index is 617. The summed E-state index contributed by atoms with van der Waals surface area (Å²) in [4.78, 5) is 22.3. The molecule has 106 valence electrons. The third-order valence-corrected chi connectivity index (χ3v) is 5.23. The van der Waals surface area contributed by atoms with Gasteiger partial charge in [-0.25, -0.2) is 13.8 Å². The van der Waals surface area contributed by atoms with E-state index in [1.807, 2.05) is 0 Å². The Kier molecular flexibility index (Phi) is 4.36. The van der Waals surface area contributed by atoms with E-state index in [1.54, 1.807) is 20.8 Å². The molecule has 1 heterocycles. The summed E-state index contributed by atoms with van der Waals surface area (Å²) >= 11 is 0.831. The molecule has 1 aromatic heterocycles. The third-order valence-electron chi connectivity index (χ3n) is 1.81. The van der Waals surface area contributed by atoms with E-state index >= 15 is 0 Å². The van der Waals surface area contributed by atoms with Crippen molar-refractivity contribution in [1.29, 1.82) is 0 Å². The molecule has 1 N–H and O–H groups in total. The van der Waals surface area contributed by atoms with Crippen molar-refractivity contribution in [3.05, 3.63) is 17.0 Å². The lowest BCUT2D eigenvalue weighted by Crippen LogP contribution is -2.22. The lowest BCUT2D eigenvalue weighted by Gasteiger charge is -2.17. The van der Waals surface area contributed by atoms with Crippen LogP contribution in [0.3, 0.4) is 0 Å². The first-order valence-electron chi connectivity index (χ1n) is 5.29. The third kappa shape index (κ3) is 4.64. The topological polar surface area (TPSA) is 93.0 Å². The minimum Gasteiger partial charge on any atom is -0.477 e. The molecule has 0 radical (unpaired) electrons. The van der Waals surface area contributed by atoms with Gasteiger partial charge in [-0.15, -0.1) is 15.7 Å². The molecular formula is C11H15NO5S2. The number of amides is 1. The molecule has 0 bridgehead atoms. The van der Waals surface area contributed by atoms with Crippen LogP contribution in [-0.2, 0) is 14.5 Å². The first kappa shape index (κ1) is 15.6. The van der Waals surface area contributed by atoms with Crippen LogP contribution in [0, 0.1) is 0 Å². The molecule has 1 unspecified atom stereocenters. The quantitative estimate of drug-likeness (QED) is 0.906. The Balaban J connectivity index is 3.05. The van der Waals surface area contributed by atoms with Crippen molar-refractivity contribution in [3.63, 3.8) is 0 Å². The van der Waals surface area contributed by atoms with Gasteiger partial charge in [0, 0.05) is 6.26 Å². The zero-order valence-electron chi connectivity index (χ0n) is 11.0. The van der Waals surface area contributed by atoms with Crippen LogP contribution in [-0.4, -0.2) is 33.2 Å². The summed E-state index contributed by atoms with van der Waals surface area (Å²) in [7, 11) is -2.99. The van der Waals surface area contributed by atoms with E-state index in [9.17, 15) is 13.8 Å². The Hall–Kier alpha value is -1.41. The van der Waals surface area contributed by atoms with Crippen LogP contribution in [0.1, 0.15) is 30.4 Å². The van der Waals surface area contributed by atoms with E-state index in [0.29, 0.717) is 0 Å². The fourth-order valence-corrected chi connectivity index (χ4v) is 3.41. The van der Waals surface area contributed by atoms with Crippen molar-refractivity contribution in [3.8, 4) is 0 Å². The molecule has 19 heavy (non-hydrogen) atoms. The highest BCUT2D eigenvalue weighted by molar-refractivity contribution is 7.95. The van der Waals surface area contributed by atoms with Gasteiger partial charge in [0.15, 0.2) is 0 Å². The van der Waals surface area contributed by atoms with Crippen LogP contribution in [0.15, 0.2) is 20.7 Å². The second-order valence-electron chi connectivity index (χ2n) is 4.80. The Morgan fingerprint density at radius 2 is 1.95 bits per heavy atom. The normalized spacial score (nSPS) is 14.5. The lowest BCUT2D eigenvalue weighted by atomic mass is 10.2. The number of carboxylic acids is 1. The zero-order valence-corrected chi connectivity index (χ0v) is 12.6. The van der Waals surface area contributed by atoms with Crippen LogP contribution < -0.4 is 0 Å². The fraction of sp³-hybridized carbons (Fsp3) is 0.455. The lowest BCUT2D eigenvalue weighted by molar-refractivity contribution is 0.0606. The molecule has 1 aromatic rings. The molecule has 0 aromatic carbocycles. The maximum absolute atomic E-state index is 12.3. The van der Waals surface area contributed by atoms with E-state index in [-0.39, 0.29) is 9.09 Å². The van der Waals surface area contributed by atoms with Gasteiger partial charge in [0.05, 0.1) is 9.73 Å². The average molecular weight is 305 g/mol. The van der Waals surface area contributed by atoms with Crippen LogP contribution >= 0.6 is 11.3 Å².